The van der Waals surface area contributed by atoms with Crippen LogP contribution in [-0.2, 0) is 0 Å². The van der Waals surface area contributed by atoms with E-state index in [0.717, 1.165) is 30.8 Å². The molecule has 6 heteroatoms. The molecule has 2 saturated heterocycles. The lowest BCUT2D eigenvalue weighted by molar-refractivity contribution is 0.0133. The van der Waals surface area contributed by atoms with Crippen LogP contribution in [0, 0.1) is 0 Å². The van der Waals surface area contributed by atoms with Crippen LogP contribution in [0.4, 0.5) is 9.59 Å². The normalized spacial score (nSPS) is 23.6. The maximum Gasteiger partial charge on any atom is 0.342 e. The summed E-state index contributed by atoms with van der Waals surface area (Å²) in [4.78, 5) is 23.8. The van der Waals surface area contributed by atoms with E-state index >= 15 is 0 Å². The van der Waals surface area contributed by atoms with E-state index in [0.29, 0.717) is 13.1 Å². The van der Waals surface area contributed by atoms with Crippen molar-refractivity contribution >= 4 is 12.1 Å². The molecule has 0 saturated carbocycles. The summed E-state index contributed by atoms with van der Waals surface area (Å²) in [6.45, 7) is 2.78. The van der Waals surface area contributed by atoms with Gasteiger partial charge in [-0.05, 0) is 12.8 Å². The Morgan fingerprint density at radius 2 is 1.73 bits per heavy atom. The molecule has 0 aromatic heterocycles. The molecule has 2 aliphatic rings. The van der Waals surface area contributed by atoms with Gasteiger partial charge >= 0.3 is 12.1 Å². The Balaban J connectivity index is 1.99. The predicted molar refractivity (Wildman–Crippen MR) is 53.8 cm³/mol. The van der Waals surface area contributed by atoms with Crippen LogP contribution in [0.1, 0.15) is 19.3 Å². The van der Waals surface area contributed by atoms with E-state index in [1.165, 1.54) is 6.42 Å². The molecule has 4 amide bonds. The molecule has 0 radical (unpaired) electrons. The molecule has 0 unspecified atom stereocenters. The minimum Gasteiger partial charge on any atom is -0.351 e. The topological polar surface area (TPSA) is 69.9 Å². The minimum atomic E-state index is -0.653. The van der Waals surface area contributed by atoms with Gasteiger partial charge in [-0.25, -0.2) is 19.5 Å². The van der Waals surface area contributed by atoms with Gasteiger partial charge in [-0.15, -0.1) is 0 Å². The predicted octanol–water partition coefficient (Wildman–Crippen LogP) is 0.204. The molecule has 2 heterocycles. The second-order valence-corrected chi connectivity index (χ2v) is 3.91. The Bertz CT molecular complexity index is 275. The highest BCUT2D eigenvalue weighted by Crippen LogP contribution is 2.16. The van der Waals surface area contributed by atoms with Crippen molar-refractivity contribution in [1.29, 1.82) is 0 Å². The van der Waals surface area contributed by atoms with Gasteiger partial charge in [0, 0.05) is 13.1 Å². The zero-order chi connectivity index (χ0) is 10.8. The summed E-state index contributed by atoms with van der Waals surface area (Å²) >= 11 is 0. The molecule has 2 rings (SSSR count). The molecule has 0 aromatic rings. The van der Waals surface area contributed by atoms with Gasteiger partial charge in [0.1, 0.15) is 0 Å². The number of carbonyl (C=O) groups excluding carboxylic acids is 2. The zero-order valence-corrected chi connectivity index (χ0v) is 8.69. The number of amides is 4. The second kappa shape index (κ2) is 4.06. The fourth-order valence-corrected chi connectivity index (χ4v) is 2.11. The average molecular weight is 212 g/mol. The van der Waals surface area contributed by atoms with Crippen LogP contribution in [0.2, 0.25) is 0 Å². The van der Waals surface area contributed by atoms with E-state index in [2.05, 4.69) is 0 Å². The number of hydrogen-bond donors (Lipinski definition) is 1. The Morgan fingerprint density at radius 1 is 1.07 bits per heavy atom. The minimum absolute atomic E-state index is 0.274. The maximum absolute atomic E-state index is 11.8. The van der Waals surface area contributed by atoms with Crippen LogP contribution in [0.25, 0.3) is 0 Å². The van der Waals surface area contributed by atoms with E-state index in [-0.39, 0.29) is 6.03 Å². The lowest BCUT2D eigenvalue weighted by Crippen LogP contribution is -2.49. The molecule has 0 aliphatic carbocycles. The van der Waals surface area contributed by atoms with Gasteiger partial charge in [0.2, 0.25) is 0 Å². The second-order valence-electron chi connectivity index (χ2n) is 3.91. The highest BCUT2D eigenvalue weighted by atomic mass is 16.2. The van der Waals surface area contributed by atoms with Crippen LogP contribution in [0.15, 0.2) is 0 Å². The van der Waals surface area contributed by atoms with Crippen molar-refractivity contribution in [2.75, 3.05) is 26.2 Å². The van der Waals surface area contributed by atoms with Gasteiger partial charge in [0.15, 0.2) is 0 Å². The molecule has 84 valence electrons. The van der Waals surface area contributed by atoms with Crippen molar-refractivity contribution in [3.8, 4) is 0 Å². The fraction of sp³-hybridized carbons (Fsp3) is 0.778. The van der Waals surface area contributed by atoms with Gasteiger partial charge in [0.05, 0.1) is 13.1 Å². The van der Waals surface area contributed by atoms with Crippen LogP contribution in [-0.4, -0.2) is 53.2 Å². The standard InChI is InChI=1S/C9H16N4O2/c10-8(14)12-6-7-13(9(12)15)11-4-2-1-3-5-11/h1-7H2,(H2,10,14). The number of rotatable bonds is 1. The monoisotopic (exact) mass is 212 g/mol. The third-order valence-electron chi connectivity index (χ3n) is 2.93. The highest BCUT2D eigenvalue weighted by molar-refractivity contribution is 5.93. The summed E-state index contributed by atoms with van der Waals surface area (Å²) in [5.41, 5.74) is 5.10. The molecule has 6 nitrogen and oxygen atoms in total. The summed E-state index contributed by atoms with van der Waals surface area (Å²) in [5, 5.41) is 3.67. The first-order valence-corrected chi connectivity index (χ1v) is 5.33. The van der Waals surface area contributed by atoms with Crippen LogP contribution >= 0.6 is 0 Å². The van der Waals surface area contributed by atoms with Crippen LogP contribution in [0.3, 0.4) is 0 Å². The van der Waals surface area contributed by atoms with Gasteiger partial charge in [-0.2, -0.15) is 0 Å². The summed E-state index contributed by atoms with van der Waals surface area (Å²) in [6, 6.07) is -0.927. The highest BCUT2D eigenvalue weighted by Gasteiger charge is 2.35. The molecular weight excluding hydrogens is 196 g/mol. The summed E-state index contributed by atoms with van der Waals surface area (Å²) < 4.78 is 0. The summed E-state index contributed by atoms with van der Waals surface area (Å²) in [6.07, 6.45) is 3.44. The van der Waals surface area contributed by atoms with Crippen molar-refractivity contribution in [2.24, 2.45) is 5.73 Å². The van der Waals surface area contributed by atoms with Crippen molar-refractivity contribution in [2.45, 2.75) is 19.3 Å². The molecule has 2 aliphatic heterocycles. The molecule has 2 fully saturated rings. The molecule has 0 bridgehead atoms. The van der Waals surface area contributed by atoms with Crippen LogP contribution < -0.4 is 5.73 Å². The van der Waals surface area contributed by atoms with Crippen LogP contribution in [0.5, 0.6) is 0 Å². The number of nitrogens with two attached hydrogens (primary N) is 1. The Hall–Kier alpha value is -1.30. The van der Waals surface area contributed by atoms with Gasteiger partial charge in [-0.1, -0.05) is 6.42 Å². The average Bonchev–Trinajstić information content (AvgIpc) is 2.61. The lowest BCUT2D eigenvalue weighted by Gasteiger charge is -2.33. The number of urea groups is 2. The first kappa shape index (κ1) is 10.2. The largest absolute Gasteiger partial charge is 0.351 e. The van der Waals surface area contributed by atoms with Gasteiger partial charge in [-0.3, -0.25) is 5.01 Å². The summed E-state index contributed by atoms with van der Waals surface area (Å²) in [5.74, 6) is 0. The number of piperidine rings is 1. The number of hydrazine groups is 1. The first-order valence-electron chi connectivity index (χ1n) is 5.33. The zero-order valence-electron chi connectivity index (χ0n) is 8.69. The molecule has 0 aromatic carbocycles. The van der Waals surface area contributed by atoms with Gasteiger partial charge in [0.25, 0.3) is 0 Å². The Labute approximate surface area is 88.6 Å². The van der Waals surface area contributed by atoms with Crippen molar-refractivity contribution < 1.29 is 9.59 Å². The molecule has 0 atom stereocenters. The SMILES string of the molecule is NC(=O)N1CCN(N2CCCCC2)C1=O. The molecular formula is C9H16N4O2. The Kier molecular flexibility index (Phi) is 2.77. The van der Waals surface area contributed by atoms with Crippen molar-refractivity contribution in [3.05, 3.63) is 0 Å². The van der Waals surface area contributed by atoms with E-state index in [1.807, 2.05) is 5.01 Å². The maximum atomic E-state index is 11.8. The number of primary amides is 1. The molecule has 15 heavy (non-hydrogen) atoms. The van der Waals surface area contributed by atoms with Gasteiger partial charge < -0.3 is 5.73 Å². The smallest absolute Gasteiger partial charge is 0.342 e. The third kappa shape index (κ3) is 1.90. The van der Waals surface area contributed by atoms with Crippen molar-refractivity contribution in [1.82, 2.24) is 14.9 Å². The molecule has 2 N–H and O–H groups in total. The first-order chi connectivity index (χ1) is 7.20. The number of nitrogens with zero attached hydrogens (tertiary/aromatic N) is 3. The van der Waals surface area contributed by atoms with E-state index in [4.69, 9.17) is 5.73 Å². The third-order valence-corrected chi connectivity index (χ3v) is 2.93. The fourth-order valence-electron chi connectivity index (χ4n) is 2.11. The van der Waals surface area contributed by atoms with E-state index < -0.39 is 6.03 Å². The number of carbonyl (C=O) groups is 2. The van der Waals surface area contributed by atoms with E-state index in [1.54, 1.807) is 5.01 Å². The number of hydrogen-bond acceptors (Lipinski definition) is 3. The number of imide groups is 1. The van der Waals surface area contributed by atoms with Crippen molar-refractivity contribution in [3.63, 3.8) is 0 Å². The quantitative estimate of drug-likeness (QED) is 0.675. The molecule has 0 spiro atoms. The summed E-state index contributed by atoms with van der Waals surface area (Å²) in [7, 11) is 0. The van der Waals surface area contributed by atoms with E-state index in [9.17, 15) is 9.59 Å². The Morgan fingerprint density at radius 3 is 2.27 bits per heavy atom. The lowest BCUT2D eigenvalue weighted by atomic mass is 10.2.